The molecule has 0 aromatic carbocycles. The minimum absolute atomic E-state index is 0.281. The summed E-state index contributed by atoms with van der Waals surface area (Å²) in [5, 5.41) is 2.14. The number of rotatable bonds is 4. The summed E-state index contributed by atoms with van der Waals surface area (Å²) < 4.78 is 0. The molecule has 0 radical (unpaired) electrons. The number of nitrogens with zero attached hydrogens (tertiary/aromatic N) is 1. The third-order valence-corrected chi connectivity index (χ3v) is 4.48. The number of hydrogen-bond acceptors (Lipinski definition) is 3. The van der Waals surface area contributed by atoms with Crippen molar-refractivity contribution in [2.24, 2.45) is 11.7 Å². The van der Waals surface area contributed by atoms with Crippen molar-refractivity contribution in [1.82, 2.24) is 4.90 Å². The van der Waals surface area contributed by atoms with Crippen molar-refractivity contribution in [3.63, 3.8) is 0 Å². The molecule has 2 nitrogen and oxygen atoms in total. The van der Waals surface area contributed by atoms with Crippen LogP contribution < -0.4 is 5.73 Å². The second-order valence-corrected chi connectivity index (χ2v) is 5.91. The van der Waals surface area contributed by atoms with E-state index in [0.29, 0.717) is 0 Å². The van der Waals surface area contributed by atoms with E-state index in [1.807, 2.05) is 11.3 Å². The molecule has 0 aliphatic heterocycles. The van der Waals surface area contributed by atoms with Crippen molar-refractivity contribution < 1.29 is 0 Å². The van der Waals surface area contributed by atoms with E-state index in [2.05, 4.69) is 36.4 Å². The van der Waals surface area contributed by atoms with Gasteiger partial charge in [0, 0.05) is 23.5 Å². The van der Waals surface area contributed by atoms with Crippen LogP contribution in [-0.4, -0.2) is 24.0 Å². The molecular formula is C12H20N2S. The van der Waals surface area contributed by atoms with E-state index < -0.39 is 0 Å². The van der Waals surface area contributed by atoms with Gasteiger partial charge >= 0.3 is 0 Å². The smallest absolute Gasteiger partial charge is 0.0337 e. The summed E-state index contributed by atoms with van der Waals surface area (Å²) in [6.45, 7) is 4.15. The van der Waals surface area contributed by atoms with Crippen LogP contribution in [0.15, 0.2) is 17.5 Å². The lowest BCUT2D eigenvalue weighted by molar-refractivity contribution is 0.000898. The van der Waals surface area contributed by atoms with Gasteiger partial charge in [0.1, 0.15) is 0 Å². The maximum atomic E-state index is 5.92. The highest BCUT2D eigenvalue weighted by Gasteiger charge is 2.43. The average Bonchev–Trinajstić information content (AvgIpc) is 2.64. The summed E-state index contributed by atoms with van der Waals surface area (Å²) >= 11 is 1.83. The molecule has 2 N–H and O–H groups in total. The van der Waals surface area contributed by atoms with Gasteiger partial charge in [0.15, 0.2) is 0 Å². The van der Waals surface area contributed by atoms with Crippen LogP contribution in [-0.2, 0) is 6.54 Å². The Balaban J connectivity index is 1.98. The highest BCUT2D eigenvalue weighted by molar-refractivity contribution is 7.09. The van der Waals surface area contributed by atoms with Crippen LogP contribution in [0, 0.1) is 5.92 Å². The summed E-state index contributed by atoms with van der Waals surface area (Å²) in [4.78, 5) is 3.88. The maximum Gasteiger partial charge on any atom is 0.0337 e. The predicted octanol–water partition coefficient (Wildman–Crippen LogP) is 2.31. The van der Waals surface area contributed by atoms with Crippen molar-refractivity contribution >= 4 is 11.3 Å². The van der Waals surface area contributed by atoms with Crippen molar-refractivity contribution in [1.29, 1.82) is 0 Å². The van der Waals surface area contributed by atoms with Gasteiger partial charge in [-0.25, -0.2) is 0 Å². The van der Waals surface area contributed by atoms with Crippen LogP contribution in [0.2, 0.25) is 0 Å². The van der Waals surface area contributed by atoms with E-state index in [4.69, 9.17) is 5.73 Å². The molecular weight excluding hydrogens is 204 g/mol. The van der Waals surface area contributed by atoms with Crippen LogP contribution in [0.25, 0.3) is 0 Å². The Morgan fingerprint density at radius 3 is 2.80 bits per heavy atom. The van der Waals surface area contributed by atoms with E-state index in [1.165, 1.54) is 17.7 Å². The molecule has 0 bridgehead atoms. The Morgan fingerprint density at radius 2 is 2.33 bits per heavy atom. The third kappa shape index (κ3) is 2.10. The Labute approximate surface area is 96.1 Å². The molecule has 1 saturated carbocycles. The fourth-order valence-electron chi connectivity index (χ4n) is 2.68. The molecule has 0 spiro atoms. The quantitative estimate of drug-likeness (QED) is 0.850. The van der Waals surface area contributed by atoms with Gasteiger partial charge in [-0.2, -0.15) is 0 Å². The molecule has 1 fully saturated rings. The predicted molar refractivity (Wildman–Crippen MR) is 66.0 cm³/mol. The fraction of sp³-hybridized carbons (Fsp3) is 0.667. The molecule has 0 amide bonds. The summed E-state index contributed by atoms with van der Waals surface area (Å²) in [6, 6.07) is 4.32. The molecule has 2 rings (SSSR count). The second kappa shape index (κ2) is 4.24. The average molecular weight is 224 g/mol. The van der Waals surface area contributed by atoms with Gasteiger partial charge in [0.25, 0.3) is 0 Å². The lowest BCUT2D eigenvalue weighted by Gasteiger charge is -2.52. The zero-order valence-corrected chi connectivity index (χ0v) is 10.4. The number of hydrogen-bond donors (Lipinski definition) is 1. The van der Waals surface area contributed by atoms with Gasteiger partial charge in [0.2, 0.25) is 0 Å². The first-order valence-corrected chi connectivity index (χ1v) is 6.48. The summed E-state index contributed by atoms with van der Waals surface area (Å²) in [7, 11) is 2.21. The SMILES string of the molecule is CC1CC(CN)(N(C)Cc2cccs2)C1. The first-order chi connectivity index (χ1) is 7.16. The molecule has 3 heteroatoms. The Morgan fingerprint density at radius 1 is 1.60 bits per heavy atom. The largest absolute Gasteiger partial charge is 0.329 e. The van der Waals surface area contributed by atoms with Crippen LogP contribution in [0.4, 0.5) is 0 Å². The first-order valence-electron chi connectivity index (χ1n) is 5.60. The van der Waals surface area contributed by atoms with E-state index in [0.717, 1.165) is 19.0 Å². The molecule has 84 valence electrons. The molecule has 1 heterocycles. The fourth-order valence-corrected chi connectivity index (χ4v) is 3.43. The Kier molecular flexibility index (Phi) is 3.14. The minimum atomic E-state index is 0.281. The van der Waals surface area contributed by atoms with Gasteiger partial charge in [0.05, 0.1) is 0 Å². The molecule has 1 aliphatic rings. The molecule has 15 heavy (non-hydrogen) atoms. The summed E-state index contributed by atoms with van der Waals surface area (Å²) in [6.07, 6.45) is 2.51. The van der Waals surface area contributed by atoms with E-state index in [-0.39, 0.29) is 5.54 Å². The third-order valence-electron chi connectivity index (χ3n) is 3.62. The molecule has 1 aromatic heterocycles. The number of nitrogens with two attached hydrogens (primary N) is 1. The van der Waals surface area contributed by atoms with Gasteiger partial charge in [-0.15, -0.1) is 11.3 Å². The van der Waals surface area contributed by atoms with Gasteiger partial charge in [-0.05, 0) is 37.3 Å². The molecule has 0 atom stereocenters. The first kappa shape index (κ1) is 11.1. The van der Waals surface area contributed by atoms with Crippen LogP contribution in [0.1, 0.15) is 24.6 Å². The van der Waals surface area contributed by atoms with Gasteiger partial charge < -0.3 is 5.73 Å². The molecule has 1 aromatic rings. The van der Waals surface area contributed by atoms with E-state index in [9.17, 15) is 0 Å². The number of likely N-dealkylation sites (N-methyl/N-ethyl adjacent to an activating group) is 1. The normalized spacial score (nSPS) is 30.5. The Bertz CT molecular complexity index is 301. The zero-order valence-electron chi connectivity index (χ0n) is 9.57. The van der Waals surface area contributed by atoms with Crippen molar-refractivity contribution in [3.8, 4) is 0 Å². The lowest BCUT2D eigenvalue weighted by Crippen LogP contribution is -2.59. The van der Waals surface area contributed by atoms with Gasteiger partial charge in [-0.3, -0.25) is 4.90 Å². The van der Waals surface area contributed by atoms with Crippen LogP contribution >= 0.6 is 11.3 Å². The Hall–Kier alpha value is -0.380. The van der Waals surface area contributed by atoms with Gasteiger partial charge in [-0.1, -0.05) is 13.0 Å². The van der Waals surface area contributed by atoms with E-state index >= 15 is 0 Å². The van der Waals surface area contributed by atoms with Crippen molar-refractivity contribution in [2.45, 2.75) is 31.8 Å². The summed E-state index contributed by atoms with van der Waals surface area (Å²) in [5.74, 6) is 0.847. The highest BCUT2D eigenvalue weighted by Crippen LogP contribution is 2.41. The second-order valence-electron chi connectivity index (χ2n) is 4.88. The van der Waals surface area contributed by atoms with E-state index in [1.54, 1.807) is 0 Å². The zero-order chi connectivity index (χ0) is 10.9. The molecule has 1 aliphatic carbocycles. The lowest BCUT2D eigenvalue weighted by atomic mass is 9.68. The monoisotopic (exact) mass is 224 g/mol. The molecule has 0 saturated heterocycles. The molecule has 0 unspecified atom stereocenters. The standard InChI is InChI=1S/C12H20N2S/c1-10-6-12(7-10,9-13)14(2)8-11-4-3-5-15-11/h3-5,10H,6-9,13H2,1-2H3. The van der Waals surface area contributed by atoms with Crippen LogP contribution in [0.5, 0.6) is 0 Å². The minimum Gasteiger partial charge on any atom is -0.329 e. The maximum absolute atomic E-state index is 5.92. The highest BCUT2D eigenvalue weighted by atomic mass is 32.1. The van der Waals surface area contributed by atoms with Crippen molar-refractivity contribution in [3.05, 3.63) is 22.4 Å². The number of thiophene rings is 1. The topological polar surface area (TPSA) is 29.3 Å². The summed E-state index contributed by atoms with van der Waals surface area (Å²) in [5.41, 5.74) is 6.20. The van der Waals surface area contributed by atoms with Crippen molar-refractivity contribution in [2.75, 3.05) is 13.6 Å². The van der Waals surface area contributed by atoms with Crippen LogP contribution in [0.3, 0.4) is 0 Å².